The first kappa shape index (κ1) is 17.7. The van der Waals surface area contributed by atoms with E-state index in [-0.39, 0.29) is 0 Å². The van der Waals surface area contributed by atoms with Crippen molar-refractivity contribution in [2.75, 3.05) is 20.8 Å². The fraction of sp³-hybridized carbons (Fsp3) is 0.579. The summed E-state index contributed by atoms with van der Waals surface area (Å²) in [4.78, 5) is 0. The average molecular weight is 318 g/mol. The van der Waals surface area contributed by atoms with Crippen molar-refractivity contribution >= 4 is 0 Å². The van der Waals surface area contributed by atoms with E-state index in [0.29, 0.717) is 6.61 Å². The molecule has 23 heavy (non-hydrogen) atoms. The molecule has 1 saturated heterocycles. The van der Waals surface area contributed by atoms with Gasteiger partial charge in [0, 0.05) is 5.56 Å². The van der Waals surface area contributed by atoms with Crippen LogP contribution >= 0.6 is 0 Å². The molecule has 126 valence electrons. The molecule has 0 saturated carbocycles. The minimum Gasteiger partial charge on any atom is -0.496 e. The van der Waals surface area contributed by atoms with Gasteiger partial charge in [-0.3, -0.25) is 0 Å². The molecule has 4 nitrogen and oxygen atoms in total. The molecule has 1 aliphatic rings. The van der Waals surface area contributed by atoms with E-state index in [0.717, 1.165) is 33.8 Å². The molecule has 1 fully saturated rings. The molecule has 2 rings (SSSR count). The minimum atomic E-state index is -0.632. The Bertz CT molecular complexity index is 679. The molecular formula is C19H26O4. The van der Waals surface area contributed by atoms with Crippen molar-refractivity contribution in [2.45, 2.75) is 52.9 Å². The van der Waals surface area contributed by atoms with Crippen molar-refractivity contribution in [3.8, 4) is 23.3 Å². The van der Waals surface area contributed by atoms with Gasteiger partial charge in [-0.1, -0.05) is 11.8 Å². The maximum atomic E-state index is 5.91. The normalized spacial score (nSPS) is 22.4. The van der Waals surface area contributed by atoms with E-state index in [1.807, 2.05) is 41.5 Å². The van der Waals surface area contributed by atoms with Crippen molar-refractivity contribution in [1.29, 1.82) is 0 Å². The Kier molecular flexibility index (Phi) is 4.66. The number of benzene rings is 1. The number of methoxy groups -OCH3 is 2. The molecular weight excluding hydrogens is 292 g/mol. The van der Waals surface area contributed by atoms with Gasteiger partial charge in [0.15, 0.2) is 11.4 Å². The lowest BCUT2D eigenvalue weighted by atomic mass is 9.96. The third-order valence-corrected chi connectivity index (χ3v) is 4.21. The Labute approximate surface area is 139 Å². The van der Waals surface area contributed by atoms with Crippen molar-refractivity contribution in [3.05, 3.63) is 22.3 Å². The van der Waals surface area contributed by atoms with Crippen LogP contribution in [0.25, 0.3) is 0 Å². The first-order valence-electron chi connectivity index (χ1n) is 7.73. The van der Waals surface area contributed by atoms with Gasteiger partial charge < -0.3 is 18.9 Å². The lowest BCUT2D eigenvalue weighted by Gasteiger charge is -2.20. The Morgan fingerprint density at radius 1 is 0.913 bits per heavy atom. The van der Waals surface area contributed by atoms with Gasteiger partial charge in [-0.2, -0.15) is 0 Å². The second kappa shape index (κ2) is 6.07. The highest BCUT2D eigenvalue weighted by atomic mass is 16.7. The molecule has 0 bridgehead atoms. The Morgan fingerprint density at radius 2 is 1.48 bits per heavy atom. The van der Waals surface area contributed by atoms with Crippen LogP contribution in [-0.2, 0) is 9.47 Å². The number of rotatable bonds is 2. The van der Waals surface area contributed by atoms with Crippen LogP contribution in [0.1, 0.15) is 43.0 Å². The van der Waals surface area contributed by atoms with E-state index in [1.54, 1.807) is 14.2 Å². The molecule has 4 heteroatoms. The quantitative estimate of drug-likeness (QED) is 0.782. The van der Waals surface area contributed by atoms with Gasteiger partial charge in [-0.15, -0.1) is 0 Å². The van der Waals surface area contributed by atoms with Gasteiger partial charge in [0.1, 0.15) is 11.5 Å². The molecule has 0 N–H and O–H groups in total. The summed E-state index contributed by atoms with van der Waals surface area (Å²) in [6.45, 7) is 12.2. The molecule has 0 spiro atoms. The second-order valence-corrected chi connectivity index (χ2v) is 6.59. The van der Waals surface area contributed by atoms with Gasteiger partial charge in [0.05, 0.1) is 26.4 Å². The standard InChI is InChI=1S/C19H26O4/c1-12-13(2)17(21-8)15(14(3)16(12)20-7)9-10-19(6)11-22-18(4,5)23-19/h11H2,1-8H3. The summed E-state index contributed by atoms with van der Waals surface area (Å²) in [5, 5.41) is 0. The molecule has 1 heterocycles. The predicted octanol–water partition coefficient (Wildman–Crippen LogP) is 3.52. The van der Waals surface area contributed by atoms with Crippen LogP contribution in [0, 0.1) is 32.6 Å². The third kappa shape index (κ3) is 3.31. The molecule has 0 aromatic heterocycles. The highest BCUT2D eigenvalue weighted by Crippen LogP contribution is 2.37. The second-order valence-electron chi connectivity index (χ2n) is 6.59. The number of ether oxygens (including phenoxy) is 4. The molecule has 1 aromatic rings. The zero-order chi connectivity index (χ0) is 17.4. The molecule has 1 atom stereocenters. The summed E-state index contributed by atoms with van der Waals surface area (Å²) >= 11 is 0. The van der Waals surface area contributed by atoms with Gasteiger partial charge in [-0.05, 0) is 52.7 Å². The average Bonchev–Trinajstić information content (AvgIpc) is 2.76. The highest BCUT2D eigenvalue weighted by molar-refractivity contribution is 5.63. The van der Waals surface area contributed by atoms with Crippen LogP contribution in [0.15, 0.2) is 0 Å². The van der Waals surface area contributed by atoms with E-state index in [9.17, 15) is 0 Å². The lowest BCUT2D eigenvalue weighted by molar-refractivity contribution is -0.146. The Balaban J connectivity index is 2.53. The van der Waals surface area contributed by atoms with Crippen molar-refractivity contribution in [2.24, 2.45) is 0 Å². The van der Waals surface area contributed by atoms with Crippen LogP contribution in [0.4, 0.5) is 0 Å². The van der Waals surface area contributed by atoms with Crippen LogP contribution in [0.3, 0.4) is 0 Å². The van der Waals surface area contributed by atoms with Gasteiger partial charge >= 0.3 is 0 Å². The van der Waals surface area contributed by atoms with Gasteiger partial charge in [0.25, 0.3) is 0 Å². The fourth-order valence-electron chi connectivity index (χ4n) is 2.97. The maximum absolute atomic E-state index is 5.91. The summed E-state index contributed by atoms with van der Waals surface area (Å²) in [7, 11) is 3.34. The lowest BCUT2D eigenvalue weighted by Crippen LogP contribution is -2.29. The monoisotopic (exact) mass is 318 g/mol. The van der Waals surface area contributed by atoms with Crippen molar-refractivity contribution < 1.29 is 18.9 Å². The largest absolute Gasteiger partial charge is 0.496 e. The zero-order valence-corrected chi connectivity index (χ0v) is 15.3. The van der Waals surface area contributed by atoms with E-state index < -0.39 is 11.4 Å². The van der Waals surface area contributed by atoms with Crippen molar-refractivity contribution in [1.82, 2.24) is 0 Å². The molecule has 1 aliphatic heterocycles. The predicted molar refractivity (Wildman–Crippen MR) is 90.2 cm³/mol. The third-order valence-electron chi connectivity index (χ3n) is 4.21. The Hall–Kier alpha value is -1.70. The zero-order valence-electron chi connectivity index (χ0n) is 15.3. The molecule has 1 aromatic carbocycles. The molecule has 1 unspecified atom stereocenters. The SMILES string of the molecule is COc1c(C)c(C)c(OC)c(C#CC2(C)COC(C)(C)O2)c1C. The highest BCUT2D eigenvalue weighted by Gasteiger charge is 2.40. The summed E-state index contributed by atoms with van der Waals surface area (Å²) in [5.41, 5.74) is 3.28. The maximum Gasteiger partial charge on any atom is 0.165 e. The number of hydrogen-bond acceptors (Lipinski definition) is 4. The summed E-state index contributed by atoms with van der Waals surface area (Å²) in [5.74, 6) is 7.47. The fourth-order valence-corrected chi connectivity index (χ4v) is 2.97. The van der Waals surface area contributed by atoms with E-state index in [4.69, 9.17) is 18.9 Å². The van der Waals surface area contributed by atoms with Crippen LogP contribution < -0.4 is 9.47 Å². The van der Waals surface area contributed by atoms with Gasteiger partial charge in [-0.25, -0.2) is 0 Å². The van der Waals surface area contributed by atoms with Crippen LogP contribution in [0.2, 0.25) is 0 Å². The van der Waals surface area contributed by atoms with Gasteiger partial charge in [0.2, 0.25) is 0 Å². The summed E-state index contributed by atoms with van der Waals surface area (Å²) in [6, 6.07) is 0. The van der Waals surface area contributed by atoms with E-state index >= 15 is 0 Å². The smallest absolute Gasteiger partial charge is 0.165 e. The Morgan fingerprint density at radius 3 is 1.96 bits per heavy atom. The topological polar surface area (TPSA) is 36.9 Å². The van der Waals surface area contributed by atoms with Crippen LogP contribution in [0.5, 0.6) is 11.5 Å². The summed E-state index contributed by atoms with van der Waals surface area (Å²) in [6.07, 6.45) is 0. The number of hydrogen-bond donors (Lipinski definition) is 0. The van der Waals surface area contributed by atoms with E-state index in [2.05, 4.69) is 11.8 Å². The summed E-state index contributed by atoms with van der Waals surface area (Å²) < 4.78 is 22.7. The molecule has 0 radical (unpaired) electrons. The van der Waals surface area contributed by atoms with E-state index in [1.165, 1.54) is 0 Å². The molecule has 0 aliphatic carbocycles. The van der Waals surface area contributed by atoms with Crippen molar-refractivity contribution in [3.63, 3.8) is 0 Å². The first-order chi connectivity index (χ1) is 10.6. The minimum absolute atomic E-state index is 0.441. The molecule has 0 amide bonds. The van der Waals surface area contributed by atoms with Crippen LogP contribution in [-0.4, -0.2) is 32.2 Å². The first-order valence-corrected chi connectivity index (χ1v) is 7.73.